The van der Waals surface area contributed by atoms with E-state index < -0.39 is 0 Å². The first-order valence-electron chi connectivity index (χ1n) is 16.1. The number of amides is 3. The molecule has 3 aromatic rings. The second-order valence-corrected chi connectivity index (χ2v) is 12.7. The van der Waals surface area contributed by atoms with Crippen LogP contribution in [-0.2, 0) is 20.9 Å². The zero-order valence-corrected chi connectivity index (χ0v) is 27.1. The van der Waals surface area contributed by atoms with Gasteiger partial charge in [0.15, 0.2) is 0 Å². The first kappa shape index (κ1) is 32.0. The van der Waals surface area contributed by atoms with Crippen LogP contribution in [0.3, 0.4) is 0 Å². The Bertz CT molecular complexity index is 1460. The van der Waals surface area contributed by atoms with Crippen molar-refractivity contribution in [1.29, 1.82) is 0 Å². The normalized spacial score (nSPS) is 16.8. The highest BCUT2D eigenvalue weighted by Crippen LogP contribution is 2.28. The van der Waals surface area contributed by atoms with Crippen LogP contribution in [0.5, 0.6) is 0 Å². The van der Waals surface area contributed by atoms with Crippen molar-refractivity contribution in [3.8, 4) is 0 Å². The number of rotatable bonds is 10. The van der Waals surface area contributed by atoms with Crippen LogP contribution in [0.4, 0.5) is 5.69 Å². The number of anilines is 1. The van der Waals surface area contributed by atoms with E-state index in [0.717, 1.165) is 61.1 Å². The Morgan fingerprint density at radius 1 is 0.955 bits per heavy atom. The van der Waals surface area contributed by atoms with Crippen LogP contribution in [0.15, 0.2) is 54.7 Å². The molecule has 0 saturated carbocycles. The maximum absolute atomic E-state index is 13.8. The summed E-state index contributed by atoms with van der Waals surface area (Å²) in [6.07, 6.45) is 6.15. The van der Waals surface area contributed by atoms with Crippen LogP contribution in [0.1, 0.15) is 51.5 Å². The topological polar surface area (TPSA) is 69.1 Å². The zero-order chi connectivity index (χ0) is 31.2. The minimum atomic E-state index is -0.0940. The van der Waals surface area contributed by atoms with E-state index in [4.69, 9.17) is 11.6 Å². The molecule has 0 unspecified atom stereocenters. The van der Waals surface area contributed by atoms with Crippen molar-refractivity contribution in [2.45, 2.75) is 65.5 Å². The summed E-state index contributed by atoms with van der Waals surface area (Å²) in [5.74, 6) is 0.276. The summed E-state index contributed by atoms with van der Waals surface area (Å²) in [5, 5.41) is 1.81. The monoisotopic (exact) mass is 619 g/mol. The van der Waals surface area contributed by atoms with E-state index in [-0.39, 0.29) is 29.7 Å². The maximum atomic E-state index is 13.8. The Balaban J connectivity index is 1.14. The number of likely N-dealkylation sites (tertiary alicyclic amines) is 2. The quantitative estimate of drug-likeness (QED) is 0.296. The highest BCUT2D eigenvalue weighted by Gasteiger charge is 2.31. The van der Waals surface area contributed by atoms with Crippen molar-refractivity contribution >= 4 is 45.9 Å². The van der Waals surface area contributed by atoms with Crippen LogP contribution in [0.2, 0.25) is 5.02 Å². The molecule has 0 aliphatic carbocycles. The summed E-state index contributed by atoms with van der Waals surface area (Å²) in [6, 6.07) is 16.4. The van der Waals surface area contributed by atoms with E-state index >= 15 is 0 Å². The van der Waals surface area contributed by atoms with Crippen molar-refractivity contribution in [3.05, 3.63) is 65.3 Å². The molecule has 2 aliphatic heterocycles. The number of nitrogens with zero attached hydrogens (tertiary/aromatic N) is 5. The molecule has 2 aliphatic rings. The lowest BCUT2D eigenvalue weighted by molar-refractivity contribution is -0.135. The minimum Gasteiger partial charge on any atom is -0.343 e. The number of fused-ring (bicyclic) bond motifs is 1. The van der Waals surface area contributed by atoms with Gasteiger partial charge in [-0.25, -0.2) is 0 Å². The Labute approximate surface area is 266 Å². The van der Waals surface area contributed by atoms with Crippen molar-refractivity contribution in [2.75, 3.05) is 50.7 Å². The van der Waals surface area contributed by atoms with E-state index in [2.05, 4.69) is 39.5 Å². The molecule has 0 spiro atoms. The predicted molar refractivity (Wildman–Crippen MR) is 177 cm³/mol. The lowest BCUT2D eigenvalue weighted by Crippen LogP contribution is -2.48. The number of carbonyl (C=O) groups is 3. The first-order chi connectivity index (χ1) is 21.2. The molecule has 8 nitrogen and oxygen atoms in total. The van der Waals surface area contributed by atoms with Gasteiger partial charge in [0.2, 0.25) is 17.7 Å². The van der Waals surface area contributed by atoms with Crippen molar-refractivity contribution < 1.29 is 14.4 Å². The average Bonchev–Trinajstić information content (AvgIpc) is 3.44. The zero-order valence-electron chi connectivity index (χ0n) is 26.4. The van der Waals surface area contributed by atoms with E-state index in [0.29, 0.717) is 50.6 Å². The number of aryl methyl sites for hydroxylation is 1. The van der Waals surface area contributed by atoms with E-state index in [9.17, 15) is 14.4 Å². The predicted octanol–water partition coefficient (Wildman–Crippen LogP) is 5.60. The molecule has 44 heavy (non-hydrogen) atoms. The molecule has 2 saturated heterocycles. The van der Waals surface area contributed by atoms with Crippen LogP contribution in [0.25, 0.3) is 10.9 Å². The van der Waals surface area contributed by atoms with Crippen LogP contribution >= 0.6 is 11.6 Å². The van der Waals surface area contributed by atoms with Crippen LogP contribution < -0.4 is 4.90 Å². The van der Waals surface area contributed by atoms with Gasteiger partial charge in [-0.1, -0.05) is 35.9 Å². The second-order valence-electron chi connectivity index (χ2n) is 12.3. The molecule has 2 fully saturated rings. The highest BCUT2D eigenvalue weighted by atomic mass is 35.5. The molecular formula is C35H46ClN5O3. The number of benzene rings is 2. The number of carbonyl (C=O) groups excluding carboxylic acids is 3. The third kappa shape index (κ3) is 7.46. The molecule has 0 atom stereocenters. The smallest absolute Gasteiger partial charge is 0.242 e. The van der Waals surface area contributed by atoms with Crippen LogP contribution in [-0.4, -0.2) is 88.8 Å². The van der Waals surface area contributed by atoms with Gasteiger partial charge in [-0.3, -0.25) is 14.4 Å². The fourth-order valence-corrected chi connectivity index (χ4v) is 7.01. The number of hydrogen-bond acceptors (Lipinski definition) is 4. The summed E-state index contributed by atoms with van der Waals surface area (Å²) in [4.78, 5) is 47.2. The molecule has 3 amide bonds. The number of likely N-dealkylation sites (N-methyl/N-ethyl adjacent to an activating group) is 1. The average molecular weight is 620 g/mol. The van der Waals surface area contributed by atoms with Gasteiger partial charge in [0, 0.05) is 80.6 Å². The molecule has 3 heterocycles. The highest BCUT2D eigenvalue weighted by molar-refractivity contribution is 6.31. The standard InChI is InChI=1S/C35H46ClN5O3/c1-4-40(34(43)25-39-23-12-28-8-5-6-9-33(28)39)30-15-19-37(20-16-30)17-7-18-41(31-11-10-26(2)32(36)24-31)35(44)29-13-21-38(22-14-29)27(3)42/h5-6,8-12,23-24,29-30H,4,7,13-22,25H2,1-3H3. The number of aromatic nitrogens is 1. The number of para-hydroxylation sites is 1. The number of hydrogen-bond donors (Lipinski definition) is 0. The maximum Gasteiger partial charge on any atom is 0.242 e. The van der Waals surface area contributed by atoms with Gasteiger partial charge < -0.3 is 24.2 Å². The van der Waals surface area contributed by atoms with Gasteiger partial charge in [-0.2, -0.15) is 0 Å². The minimum absolute atomic E-state index is 0.0720. The van der Waals surface area contributed by atoms with Crippen molar-refractivity contribution in [2.24, 2.45) is 5.92 Å². The molecule has 236 valence electrons. The van der Waals surface area contributed by atoms with Crippen LogP contribution in [0, 0.1) is 12.8 Å². The fourth-order valence-electron chi connectivity index (χ4n) is 6.84. The Morgan fingerprint density at radius 2 is 1.68 bits per heavy atom. The summed E-state index contributed by atoms with van der Waals surface area (Å²) < 4.78 is 2.05. The molecule has 5 rings (SSSR count). The Kier molecular flexibility index (Phi) is 10.6. The van der Waals surface area contributed by atoms with Gasteiger partial charge >= 0.3 is 0 Å². The van der Waals surface area contributed by atoms with Crippen molar-refractivity contribution in [1.82, 2.24) is 19.3 Å². The van der Waals surface area contributed by atoms with Crippen molar-refractivity contribution in [3.63, 3.8) is 0 Å². The first-order valence-corrected chi connectivity index (χ1v) is 16.5. The van der Waals surface area contributed by atoms with E-state index in [1.807, 2.05) is 53.3 Å². The summed E-state index contributed by atoms with van der Waals surface area (Å²) in [7, 11) is 0. The fraction of sp³-hybridized carbons (Fsp3) is 0.514. The molecule has 0 radical (unpaired) electrons. The second kappa shape index (κ2) is 14.6. The number of halogens is 1. The molecule has 0 N–H and O–H groups in total. The largest absolute Gasteiger partial charge is 0.343 e. The Hall–Kier alpha value is -3.36. The Morgan fingerprint density at radius 3 is 2.36 bits per heavy atom. The third-order valence-corrected chi connectivity index (χ3v) is 9.93. The molecule has 0 bridgehead atoms. The number of piperidine rings is 2. The lowest BCUT2D eigenvalue weighted by Gasteiger charge is -2.38. The van der Waals surface area contributed by atoms with E-state index in [1.54, 1.807) is 6.92 Å². The SMILES string of the molecule is CCN(C(=O)Cn1ccc2ccccc21)C1CCN(CCCN(C(=O)C2CCN(C(C)=O)CC2)c2ccc(C)c(Cl)c2)CC1. The van der Waals surface area contributed by atoms with Gasteiger partial charge in [-0.15, -0.1) is 0 Å². The molecule has 2 aromatic carbocycles. The van der Waals surface area contributed by atoms with Gasteiger partial charge in [-0.05, 0) is 87.7 Å². The third-order valence-electron chi connectivity index (χ3n) is 9.52. The molecule has 9 heteroatoms. The van der Waals surface area contributed by atoms with E-state index in [1.165, 1.54) is 0 Å². The molecular weight excluding hydrogens is 574 g/mol. The van der Waals surface area contributed by atoms with Gasteiger partial charge in [0.1, 0.15) is 6.54 Å². The van der Waals surface area contributed by atoms with Gasteiger partial charge in [0.25, 0.3) is 0 Å². The summed E-state index contributed by atoms with van der Waals surface area (Å²) >= 11 is 6.48. The lowest BCUT2D eigenvalue weighted by atomic mass is 9.94. The van der Waals surface area contributed by atoms with Gasteiger partial charge in [0.05, 0.1) is 0 Å². The summed E-state index contributed by atoms with van der Waals surface area (Å²) in [5.41, 5.74) is 2.92. The summed E-state index contributed by atoms with van der Waals surface area (Å²) in [6.45, 7) is 11.4. The molecule has 1 aromatic heterocycles.